The molecule has 4 rings (SSSR count). The number of halogens is 1. The van der Waals surface area contributed by atoms with Gasteiger partial charge in [-0.2, -0.15) is 0 Å². The molecule has 0 aromatic heterocycles. The van der Waals surface area contributed by atoms with Crippen LogP contribution in [-0.2, 0) is 14.3 Å². The molecule has 0 bridgehead atoms. The van der Waals surface area contributed by atoms with Crippen molar-refractivity contribution in [1.29, 1.82) is 0 Å². The highest BCUT2D eigenvalue weighted by Gasteiger charge is 2.39. The van der Waals surface area contributed by atoms with Crippen LogP contribution in [0, 0.1) is 0 Å². The molecule has 3 aromatic rings. The van der Waals surface area contributed by atoms with Gasteiger partial charge in [0, 0.05) is 16.9 Å². The third-order valence-electron chi connectivity index (χ3n) is 5.09. The van der Waals surface area contributed by atoms with E-state index in [9.17, 15) is 19.2 Å². The Labute approximate surface area is 206 Å². The van der Waals surface area contributed by atoms with E-state index in [0.717, 1.165) is 4.90 Å². The van der Waals surface area contributed by atoms with Crippen molar-refractivity contribution in [2.24, 2.45) is 0 Å². The Morgan fingerprint density at radius 1 is 0.857 bits per heavy atom. The smallest absolute Gasteiger partial charge is 0.338 e. The number of hydrogen-bond acceptors (Lipinski definition) is 6. The predicted molar refractivity (Wildman–Crippen MR) is 132 cm³/mol. The number of ether oxygens (including phenoxy) is 1. The highest BCUT2D eigenvalue weighted by molar-refractivity contribution is 6.53. The van der Waals surface area contributed by atoms with Crippen molar-refractivity contribution in [2.45, 2.75) is 6.92 Å². The average molecular weight is 490 g/mol. The molecule has 0 aliphatic carbocycles. The fourth-order valence-corrected chi connectivity index (χ4v) is 3.62. The Hall–Kier alpha value is -4.43. The standard InChI is InChI=1S/C26H20ClN3O5/c1-2-35-26(34)17-7-6-10-20(15-17)30-24(32)21(27)22(25(30)33)28-19-13-11-16(12-14-19)23(31)29-18-8-4-3-5-9-18/h3-15,28H,2H2,1H3,(H,29,31). The van der Waals surface area contributed by atoms with Gasteiger partial charge in [0.05, 0.1) is 17.9 Å². The lowest BCUT2D eigenvalue weighted by molar-refractivity contribution is -0.120. The second kappa shape index (κ2) is 10.2. The van der Waals surface area contributed by atoms with Crippen molar-refractivity contribution >= 4 is 52.4 Å². The Kier molecular flexibility index (Phi) is 6.93. The monoisotopic (exact) mass is 489 g/mol. The molecule has 0 unspecified atom stereocenters. The summed E-state index contributed by atoms with van der Waals surface area (Å²) in [4.78, 5) is 51.1. The van der Waals surface area contributed by atoms with Crippen molar-refractivity contribution < 1.29 is 23.9 Å². The third-order valence-corrected chi connectivity index (χ3v) is 5.44. The molecule has 0 atom stereocenters. The summed E-state index contributed by atoms with van der Waals surface area (Å²) >= 11 is 6.19. The van der Waals surface area contributed by atoms with Crippen molar-refractivity contribution in [3.05, 3.63) is 101 Å². The molecule has 3 aromatic carbocycles. The summed E-state index contributed by atoms with van der Waals surface area (Å²) in [5, 5.41) is 5.35. The number of anilines is 3. The zero-order valence-electron chi connectivity index (χ0n) is 18.6. The van der Waals surface area contributed by atoms with Crippen LogP contribution in [0.3, 0.4) is 0 Å². The maximum atomic E-state index is 13.0. The first-order chi connectivity index (χ1) is 16.9. The molecule has 35 heavy (non-hydrogen) atoms. The molecule has 176 valence electrons. The van der Waals surface area contributed by atoms with E-state index in [1.807, 2.05) is 18.2 Å². The number of carbonyl (C=O) groups excluding carboxylic acids is 4. The van der Waals surface area contributed by atoms with E-state index in [1.54, 1.807) is 49.4 Å². The second-order valence-corrected chi connectivity index (χ2v) is 7.81. The van der Waals surface area contributed by atoms with Gasteiger partial charge in [-0.25, -0.2) is 9.69 Å². The minimum atomic E-state index is -0.723. The van der Waals surface area contributed by atoms with Crippen LogP contribution in [0.15, 0.2) is 89.6 Å². The molecule has 0 fully saturated rings. The molecule has 8 nitrogen and oxygen atoms in total. The number of rotatable bonds is 7. The Morgan fingerprint density at radius 3 is 2.26 bits per heavy atom. The fourth-order valence-electron chi connectivity index (χ4n) is 3.41. The number of para-hydroxylation sites is 1. The van der Waals surface area contributed by atoms with E-state index in [2.05, 4.69) is 10.6 Å². The Morgan fingerprint density at radius 2 is 1.57 bits per heavy atom. The highest BCUT2D eigenvalue weighted by atomic mass is 35.5. The number of nitrogens with zero attached hydrogens (tertiary/aromatic N) is 1. The number of esters is 1. The molecule has 0 spiro atoms. The molecule has 0 saturated carbocycles. The van der Waals surface area contributed by atoms with Gasteiger partial charge >= 0.3 is 5.97 Å². The average Bonchev–Trinajstić information content (AvgIpc) is 3.08. The van der Waals surface area contributed by atoms with Gasteiger partial charge in [0.2, 0.25) is 0 Å². The first-order valence-electron chi connectivity index (χ1n) is 10.7. The first-order valence-corrected chi connectivity index (χ1v) is 11.1. The number of imide groups is 1. The van der Waals surface area contributed by atoms with Crippen LogP contribution in [0.2, 0.25) is 0 Å². The quantitative estimate of drug-likeness (QED) is 0.372. The lowest BCUT2D eigenvalue weighted by Crippen LogP contribution is -2.32. The second-order valence-electron chi connectivity index (χ2n) is 7.43. The van der Waals surface area contributed by atoms with Crippen LogP contribution in [0.1, 0.15) is 27.6 Å². The van der Waals surface area contributed by atoms with Gasteiger partial charge in [-0.05, 0) is 61.5 Å². The third kappa shape index (κ3) is 5.07. The van der Waals surface area contributed by atoms with Gasteiger partial charge in [0.1, 0.15) is 10.7 Å². The van der Waals surface area contributed by atoms with Crippen molar-refractivity contribution in [1.82, 2.24) is 0 Å². The maximum Gasteiger partial charge on any atom is 0.338 e. The van der Waals surface area contributed by atoms with E-state index < -0.39 is 17.8 Å². The molecule has 1 aliphatic rings. The summed E-state index contributed by atoms with van der Waals surface area (Å²) in [6, 6.07) is 21.4. The van der Waals surface area contributed by atoms with Gasteiger partial charge in [-0.3, -0.25) is 14.4 Å². The van der Waals surface area contributed by atoms with Crippen molar-refractivity contribution in [3.8, 4) is 0 Å². The summed E-state index contributed by atoms with van der Waals surface area (Å²) in [7, 11) is 0. The summed E-state index contributed by atoms with van der Waals surface area (Å²) in [5.41, 5.74) is 1.81. The molecule has 0 saturated heterocycles. The van der Waals surface area contributed by atoms with Crippen LogP contribution in [0.5, 0.6) is 0 Å². The number of nitrogens with one attached hydrogen (secondary N) is 2. The molecule has 9 heteroatoms. The van der Waals surface area contributed by atoms with Crippen LogP contribution in [0.4, 0.5) is 17.1 Å². The summed E-state index contributed by atoms with van der Waals surface area (Å²) in [5.74, 6) is -2.26. The van der Waals surface area contributed by atoms with Crippen LogP contribution in [-0.4, -0.2) is 30.3 Å². The Bertz CT molecular complexity index is 1340. The number of hydrogen-bond donors (Lipinski definition) is 2. The van der Waals surface area contributed by atoms with E-state index in [4.69, 9.17) is 16.3 Å². The van der Waals surface area contributed by atoms with Crippen LogP contribution < -0.4 is 15.5 Å². The minimum Gasteiger partial charge on any atom is -0.462 e. The normalized spacial score (nSPS) is 13.1. The molecule has 1 heterocycles. The maximum absolute atomic E-state index is 13.0. The van der Waals surface area contributed by atoms with Gasteiger partial charge < -0.3 is 15.4 Å². The highest BCUT2D eigenvalue weighted by Crippen LogP contribution is 2.30. The molecule has 1 aliphatic heterocycles. The molecule has 3 amide bonds. The van der Waals surface area contributed by atoms with E-state index in [-0.39, 0.29) is 34.5 Å². The van der Waals surface area contributed by atoms with Crippen molar-refractivity contribution in [3.63, 3.8) is 0 Å². The lowest BCUT2D eigenvalue weighted by atomic mass is 10.2. The largest absolute Gasteiger partial charge is 0.462 e. The summed E-state index contributed by atoms with van der Waals surface area (Å²) < 4.78 is 4.98. The Balaban J connectivity index is 1.49. The van der Waals surface area contributed by atoms with Crippen molar-refractivity contribution in [2.75, 3.05) is 22.1 Å². The van der Waals surface area contributed by atoms with Crippen LogP contribution >= 0.6 is 11.6 Å². The SMILES string of the molecule is CCOC(=O)c1cccc(N2C(=O)C(Cl)=C(Nc3ccc(C(=O)Nc4ccccc4)cc3)C2=O)c1. The summed E-state index contributed by atoms with van der Waals surface area (Å²) in [6.07, 6.45) is 0. The van der Waals surface area contributed by atoms with E-state index in [0.29, 0.717) is 16.9 Å². The van der Waals surface area contributed by atoms with E-state index in [1.165, 1.54) is 18.2 Å². The van der Waals surface area contributed by atoms with Gasteiger partial charge in [0.25, 0.3) is 17.7 Å². The first kappa shape index (κ1) is 23.7. The van der Waals surface area contributed by atoms with E-state index >= 15 is 0 Å². The molecule has 2 N–H and O–H groups in total. The van der Waals surface area contributed by atoms with Crippen LogP contribution in [0.25, 0.3) is 0 Å². The number of benzene rings is 3. The molecular formula is C26H20ClN3O5. The summed E-state index contributed by atoms with van der Waals surface area (Å²) in [6.45, 7) is 1.87. The zero-order valence-corrected chi connectivity index (χ0v) is 19.3. The fraction of sp³-hybridized carbons (Fsp3) is 0.0769. The minimum absolute atomic E-state index is 0.111. The zero-order chi connectivity index (χ0) is 24.9. The number of carbonyl (C=O) groups is 4. The van der Waals surface area contributed by atoms with Gasteiger partial charge in [0.15, 0.2) is 0 Å². The lowest BCUT2D eigenvalue weighted by Gasteiger charge is -2.16. The molecular weight excluding hydrogens is 470 g/mol. The van der Waals surface area contributed by atoms with Gasteiger partial charge in [-0.1, -0.05) is 35.9 Å². The predicted octanol–water partition coefficient (Wildman–Crippen LogP) is 4.55. The topological polar surface area (TPSA) is 105 Å². The number of amides is 3. The van der Waals surface area contributed by atoms with Gasteiger partial charge in [-0.15, -0.1) is 0 Å². The molecule has 0 radical (unpaired) electrons.